The number of sulfone groups is 1. The highest BCUT2D eigenvalue weighted by atomic mass is 32.2. The van der Waals surface area contributed by atoms with E-state index in [4.69, 9.17) is 4.74 Å². The van der Waals surface area contributed by atoms with Crippen LogP contribution in [0.1, 0.15) is 23.8 Å². The van der Waals surface area contributed by atoms with E-state index < -0.39 is 9.84 Å². The van der Waals surface area contributed by atoms with Gasteiger partial charge in [0.25, 0.3) is 5.91 Å². The van der Waals surface area contributed by atoms with Gasteiger partial charge in [0.05, 0.1) is 18.1 Å². The van der Waals surface area contributed by atoms with Crippen LogP contribution in [-0.2, 0) is 14.6 Å². The van der Waals surface area contributed by atoms with E-state index in [1.165, 1.54) is 0 Å². The number of hydrogen-bond donors (Lipinski definition) is 1. The molecule has 8 heteroatoms. The standard InChI is InChI=1S/C15H23N3O4S/c1-3-18(13-5-9-23(20,21)11-13)12-4-6-16-14(10-12)15(19)17-7-8-22-2/h4,6,10,13H,3,5,7-9,11H2,1-2H3,(H,17,19). The van der Waals surface area contributed by atoms with Crippen LogP contribution in [0, 0.1) is 0 Å². The van der Waals surface area contributed by atoms with Crippen molar-refractivity contribution < 1.29 is 17.9 Å². The molecular formula is C15H23N3O4S. The van der Waals surface area contributed by atoms with Gasteiger partial charge in [-0.05, 0) is 25.5 Å². The number of carbonyl (C=O) groups is 1. The Kier molecular flexibility index (Phi) is 5.95. The summed E-state index contributed by atoms with van der Waals surface area (Å²) in [6, 6.07) is 3.47. The molecule has 0 spiro atoms. The third-order valence-corrected chi connectivity index (χ3v) is 5.64. The molecule has 0 saturated carbocycles. The Morgan fingerprint density at radius 2 is 2.30 bits per heavy atom. The number of nitrogens with one attached hydrogen (secondary N) is 1. The zero-order chi connectivity index (χ0) is 16.9. The summed E-state index contributed by atoms with van der Waals surface area (Å²) < 4.78 is 28.3. The van der Waals surface area contributed by atoms with E-state index in [1.54, 1.807) is 25.4 Å². The fourth-order valence-corrected chi connectivity index (χ4v) is 4.48. The summed E-state index contributed by atoms with van der Waals surface area (Å²) in [4.78, 5) is 18.2. The van der Waals surface area contributed by atoms with Crippen molar-refractivity contribution in [3.05, 3.63) is 24.0 Å². The van der Waals surface area contributed by atoms with E-state index in [-0.39, 0.29) is 23.5 Å². The number of anilines is 1. The minimum Gasteiger partial charge on any atom is -0.383 e. The number of ether oxygens (including phenoxy) is 1. The van der Waals surface area contributed by atoms with E-state index in [2.05, 4.69) is 10.3 Å². The molecule has 1 fully saturated rings. The van der Waals surface area contributed by atoms with Crippen LogP contribution >= 0.6 is 0 Å². The highest BCUT2D eigenvalue weighted by Crippen LogP contribution is 2.24. The normalized spacial score (nSPS) is 19.5. The Labute approximate surface area is 137 Å². The first-order valence-corrected chi connectivity index (χ1v) is 9.49. The van der Waals surface area contributed by atoms with Crippen molar-refractivity contribution in [1.82, 2.24) is 10.3 Å². The predicted octanol–water partition coefficient (Wildman–Crippen LogP) is 0.471. The van der Waals surface area contributed by atoms with E-state index in [9.17, 15) is 13.2 Å². The first-order chi connectivity index (χ1) is 11.0. The number of carbonyl (C=O) groups excluding carboxylic acids is 1. The van der Waals surface area contributed by atoms with Crippen molar-refractivity contribution in [3.8, 4) is 0 Å². The predicted molar refractivity (Wildman–Crippen MR) is 88.5 cm³/mol. The molecule has 1 atom stereocenters. The van der Waals surface area contributed by atoms with Gasteiger partial charge in [-0.2, -0.15) is 0 Å². The summed E-state index contributed by atoms with van der Waals surface area (Å²) in [6.45, 7) is 3.50. The summed E-state index contributed by atoms with van der Waals surface area (Å²) >= 11 is 0. The summed E-state index contributed by atoms with van der Waals surface area (Å²) in [5.74, 6) is 0.126. The minimum absolute atomic E-state index is 0.0446. The van der Waals surface area contributed by atoms with Gasteiger partial charge in [0.2, 0.25) is 0 Å². The third kappa shape index (κ3) is 4.65. The molecule has 0 bridgehead atoms. The first-order valence-electron chi connectivity index (χ1n) is 7.67. The first kappa shape index (κ1) is 17.7. The lowest BCUT2D eigenvalue weighted by molar-refractivity contribution is 0.0932. The molecule has 1 saturated heterocycles. The zero-order valence-electron chi connectivity index (χ0n) is 13.5. The molecule has 7 nitrogen and oxygen atoms in total. The third-order valence-electron chi connectivity index (χ3n) is 3.89. The number of nitrogens with zero attached hydrogens (tertiary/aromatic N) is 2. The molecule has 1 aliphatic rings. The molecule has 128 valence electrons. The Hall–Kier alpha value is -1.67. The van der Waals surface area contributed by atoms with Crippen LogP contribution < -0.4 is 10.2 Å². The van der Waals surface area contributed by atoms with E-state index in [0.717, 1.165) is 5.69 Å². The number of rotatable bonds is 7. The monoisotopic (exact) mass is 341 g/mol. The van der Waals surface area contributed by atoms with Gasteiger partial charge in [-0.15, -0.1) is 0 Å². The van der Waals surface area contributed by atoms with Gasteiger partial charge in [0, 0.05) is 38.1 Å². The van der Waals surface area contributed by atoms with Gasteiger partial charge in [-0.25, -0.2) is 8.42 Å². The highest BCUT2D eigenvalue weighted by Gasteiger charge is 2.32. The highest BCUT2D eigenvalue weighted by molar-refractivity contribution is 7.91. The van der Waals surface area contributed by atoms with Crippen LogP contribution in [0.25, 0.3) is 0 Å². The topological polar surface area (TPSA) is 88.6 Å². The fraction of sp³-hybridized carbons (Fsp3) is 0.600. The van der Waals surface area contributed by atoms with Crippen molar-refractivity contribution in [2.75, 3.05) is 43.2 Å². The lowest BCUT2D eigenvalue weighted by atomic mass is 10.2. The summed E-state index contributed by atoms with van der Waals surface area (Å²) in [5.41, 5.74) is 1.14. The lowest BCUT2D eigenvalue weighted by Gasteiger charge is -2.29. The second-order valence-electron chi connectivity index (χ2n) is 5.49. The van der Waals surface area contributed by atoms with E-state index in [1.807, 2.05) is 11.8 Å². The lowest BCUT2D eigenvalue weighted by Crippen LogP contribution is -2.36. The van der Waals surface area contributed by atoms with Crippen molar-refractivity contribution >= 4 is 21.4 Å². The molecule has 1 unspecified atom stereocenters. The number of aromatic nitrogens is 1. The van der Waals surface area contributed by atoms with E-state index in [0.29, 0.717) is 31.8 Å². The quantitative estimate of drug-likeness (QED) is 0.725. The maximum Gasteiger partial charge on any atom is 0.270 e. The summed E-state index contributed by atoms with van der Waals surface area (Å²) in [5, 5.41) is 2.73. The Morgan fingerprint density at radius 1 is 1.52 bits per heavy atom. The maximum atomic E-state index is 12.1. The van der Waals surface area contributed by atoms with Gasteiger partial charge in [-0.1, -0.05) is 0 Å². The molecule has 2 rings (SSSR count). The van der Waals surface area contributed by atoms with Crippen LogP contribution in [0.5, 0.6) is 0 Å². The number of amides is 1. The van der Waals surface area contributed by atoms with E-state index >= 15 is 0 Å². The smallest absolute Gasteiger partial charge is 0.270 e. The molecule has 1 N–H and O–H groups in total. The van der Waals surface area contributed by atoms with Crippen LogP contribution in [0.4, 0.5) is 5.69 Å². The Bertz CT molecular complexity index is 648. The van der Waals surface area contributed by atoms with Gasteiger partial charge in [0.15, 0.2) is 9.84 Å². The number of hydrogen-bond acceptors (Lipinski definition) is 6. The number of methoxy groups -OCH3 is 1. The molecular weight excluding hydrogens is 318 g/mol. The number of pyridine rings is 1. The maximum absolute atomic E-state index is 12.1. The van der Waals surface area contributed by atoms with Crippen molar-refractivity contribution in [2.45, 2.75) is 19.4 Å². The van der Waals surface area contributed by atoms with Crippen LogP contribution in [0.2, 0.25) is 0 Å². The Morgan fingerprint density at radius 3 is 2.91 bits per heavy atom. The molecule has 0 aromatic carbocycles. The van der Waals surface area contributed by atoms with Gasteiger partial charge >= 0.3 is 0 Å². The second kappa shape index (κ2) is 7.74. The molecule has 23 heavy (non-hydrogen) atoms. The molecule has 1 aromatic rings. The second-order valence-corrected chi connectivity index (χ2v) is 7.72. The van der Waals surface area contributed by atoms with Crippen LogP contribution in [0.3, 0.4) is 0 Å². The summed E-state index contributed by atoms with van der Waals surface area (Å²) in [6.07, 6.45) is 2.19. The largest absolute Gasteiger partial charge is 0.383 e. The minimum atomic E-state index is -2.95. The SMILES string of the molecule is CCN(c1ccnc(C(=O)NCCOC)c1)C1CCS(=O)(=O)C1. The van der Waals surface area contributed by atoms with Crippen molar-refractivity contribution in [1.29, 1.82) is 0 Å². The zero-order valence-corrected chi connectivity index (χ0v) is 14.3. The molecule has 0 radical (unpaired) electrons. The average Bonchev–Trinajstić information content (AvgIpc) is 2.88. The van der Waals surface area contributed by atoms with Crippen LogP contribution in [-0.4, -0.2) is 63.7 Å². The summed E-state index contributed by atoms with van der Waals surface area (Å²) in [7, 11) is -1.38. The van der Waals surface area contributed by atoms with Crippen molar-refractivity contribution in [3.63, 3.8) is 0 Å². The Balaban J connectivity index is 2.12. The molecule has 1 aliphatic heterocycles. The fourth-order valence-electron chi connectivity index (χ4n) is 2.75. The molecule has 2 heterocycles. The van der Waals surface area contributed by atoms with Crippen LogP contribution in [0.15, 0.2) is 18.3 Å². The molecule has 1 amide bonds. The van der Waals surface area contributed by atoms with Gasteiger partial charge in [-0.3, -0.25) is 9.78 Å². The van der Waals surface area contributed by atoms with Crippen molar-refractivity contribution in [2.24, 2.45) is 0 Å². The van der Waals surface area contributed by atoms with Gasteiger partial charge in [0.1, 0.15) is 5.69 Å². The van der Waals surface area contributed by atoms with Gasteiger partial charge < -0.3 is 15.0 Å². The molecule has 0 aliphatic carbocycles. The average molecular weight is 341 g/mol. The molecule has 1 aromatic heterocycles.